The number of hydrogen-bond donors (Lipinski definition) is 3. The average Bonchev–Trinajstić information content (AvgIpc) is 3.31. The molecule has 1 aromatic heterocycles. The molecule has 4 rings (SSSR count). The van der Waals surface area contributed by atoms with Gasteiger partial charge >= 0.3 is 6.36 Å². The molecule has 1 aliphatic rings. The van der Waals surface area contributed by atoms with Crippen LogP contribution in [0, 0.1) is 0 Å². The lowest BCUT2D eigenvalue weighted by atomic mass is 10.1. The Bertz CT molecular complexity index is 1080. The molecular weight excluding hydrogens is 429 g/mol. The van der Waals surface area contributed by atoms with Crippen LogP contribution in [0.2, 0.25) is 0 Å². The summed E-state index contributed by atoms with van der Waals surface area (Å²) in [6, 6.07) is 11.3. The lowest BCUT2D eigenvalue weighted by Crippen LogP contribution is -2.31. The van der Waals surface area contributed by atoms with Crippen LogP contribution in [-0.2, 0) is 17.6 Å². The molecular formula is C21H19F3N4O2S. The van der Waals surface area contributed by atoms with E-state index >= 15 is 0 Å². The number of nitrogens with two attached hydrogens (primary N) is 1. The highest BCUT2D eigenvalue weighted by Crippen LogP contribution is 2.33. The van der Waals surface area contributed by atoms with Gasteiger partial charge in [-0.15, -0.1) is 13.2 Å². The Labute approximate surface area is 180 Å². The third-order valence-corrected chi connectivity index (χ3v) is 5.69. The van der Waals surface area contributed by atoms with Crippen molar-refractivity contribution in [2.24, 2.45) is 5.73 Å². The quantitative estimate of drug-likeness (QED) is 0.505. The molecule has 162 valence electrons. The molecule has 0 spiro atoms. The molecule has 6 nitrogen and oxygen atoms in total. The Kier molecular flexibility index (Phi) is 5.84. The van der Waals surface area contributed by atoms with Crippen LogP contribution in [0.3, 0.4) is 0 Å². The van der Waals surface area contributed by atoms with E-state index in [-0.39, 0.29) is 17.7 Å². The molecule has 0 aliphatic carbocycles. The first-order valence-corrected chi connectivity index (χ1v) is 10.3. The zero-order chi connectivity index (χ0) is 22.0. The maximum Gasteiger partial charge on any atom is 0.573 e. The van der Waals surface area contributed by atoms with Gasteiger partial charge in [0.2, 0.25) is 5.91 Å². The summed E-state index contributed by atoms with van der Waals surface area (Å²) < 4.78 is 40.5. The first-order chi connectivity index (χ1) is 14.7. The maximum absolute atomic E-state index is 12.2. The number of carbonyl (C=O) groups is 1. The Hall–Kier alpha value is -3.11. The molecule has 1 aliphatic heterocycles. The van der Waals surface area contributed by atoms with Gasteiger partial charge in [-0.3, -0.25) is 4.79 Å². The summed E-state index contributed by atoms with van der Waals surface area (Å²) >= 11 is 1.48. The van der Waals surface area contributed by atoms with Gasteiger partial charge in [-0.2, -0.15) is 0 Å². The monoisotopic (exact) mass is 448 g/mol. The number of anilines is 2. The standard InChI is InChI=1S/C21H19F3N4O2S/c22-21(23,24)30-16-4-1-12(2-5-16)7-15(25)10-26-20-27-11-18(31-20)13-3-6-17-14(8-13)9-19(29)28-17/h1-6,8,11,15H,7,9-10,25H2,(H,26,27)(H,28,29). The molecule has 0 saturated carbocycles. The number of hydrogen-bond acceptors (Lipinski definition) is 6. The first-order valence-electron chi connectivity index (χ1n) is 9.48. The van der Waals surface area contributed by atoms with Crippen LogP contribution in [0.4, 0.5) is 24.0 Å². The fraction of sp³-hybridized carbons (Fsp3) is 0.238. The fourth-order valence-corrected chi connectivity index (χ4v) is 4.11. The van der Waals surface area contributed by atoms with Crippen molar-refractivity contribution in [1.29, 1.82) is 0 Å². The first kappa shape index (κ1) is 21.1. The van der Waals surface area contributed by atoms with Crippen molar-refractivity contribution in [2.75, 3.05) is 17.2 Å². The predicted molar refractivity (Wildman–Crippen MR) is 113 cm³/mol. The fourth-order valence-electron chi connectivity index (χ4n) is 3.29. The normalized spacial score (nSPS) is 14.1. The van der Waals surface area contributed by atoms with E-state index in [2.05, 4.69) is 20.4 Å². The van der Waals surface area contributed by atoms with Crippen molar-refractivity contribution >= 4 is 28.1 Å². The van der Waals surface area contributed by atoms with Gasteiger partial charge in [0.25, 0.3) is 0 Å². The van der Waals surface area contributed by atoms with Crippen LogP contribution in [0.15, 0.2) is 48.7 Å². The number of rotatable bonds is 7. The van der Waals surface area contributed by atoms with Gasteiger partial charge in [0, 0.05) is 24.5 Å². The lowest BCUT2D eigenvalue weighted by molar-refractivity contribution is -0.274. The molecule has 1 unspecified atom stereocenters. The summed E-state index contributed by atoms with van der Waals surface area (Å²) in [4.78, 5) is 16.9. The lowest BCUT2D eigenvalue weighted by Gasteiger charge is -2.13. The molecule has 31 heavy (non-hydrogen) atoms. The van der Waals surface area contributed by atoms with E-state index in [1.807, 2.05) is 18.2 Å². The van der Waals surface area contributed by atoms with Crippen molar-refractivity contribution in [2.45, 2.75) is 25.2 Å². The number of nitrogens with one attached hydrogen (secondary N) is 2. The second-order valence-corrected chi connectivity index (χ2v) is 8.19. The summed E-state index contributed by atoms with van der Waals surface area (Å²) in [7, 11) is 0. The van der Waals surface area contributed by atoms with Crippen LogP contribution in [-0.4, -0.2) is 29.8 Å². The van der Waals surface area contributed by atoms with Crippen molar-refractivity contribution in [3.63, 3.8) is 0 Å². The van der Waals surface area contributed by atoms with Crippen molar-refractivity contribution in [3.8, 4) is 16.2 Å². The second-order valence-electron chi connectivity index (χ2n) is 7.16. The molecule has 2 heterocycles. The minimum atomic E-state index is -4.71. The molecule has 2 aromatic carbocycles. The zero-order valence-corrected chi connectivity index (χ0v) is 17.0. The third-order valence-electron chi connectivity index (χ3n) is 4.69. The maximum atomic E-state index is 12.2. The van der Waals surface area contributed by atoms with Crippen LogP contribution >= 0.6 is 11.3 Å². The Morgan fingerprint density at radius 2 is 2.00 bits per heavy atom. The summed E-state index contributed by atoms with van der Waals surface area (Å²) in [5.74, 6) is -0.264. The topological polar surface area (TPSA) is 89.3 Å². The van der Waals surface area contributed by atoms with E-state index < -0.39 is 6.36 Å². The van der Waals surface area contributed by atoms with Crippen molar-refractivity contribution < 1.29 is 22.7 Å². The van der Waals surface area contributed by atoms with E-state index in [1.165, 1.54) is 23.5 Å². The molecule has 4 N–H and O–H groups in total. The molecule has 3 aromatic rings. The summed E-state index contributed by atoms with van der Waals surface area (Å²) in [6.45, 7) is 0.455. The summed E-state index contributed by atoms with van der Waals surface area (Å²) in [5.41, 5.74) is 9.77. The van der Waals surface area contributed by atoms with E-state index in [9.17, 15) is 18.0 Å². The Balaban J connectivity index is 1.30. The number of ether oxygens (including phenoxy) is 1. The van der Waals surface area contributed by atoms with Gasteiger partial charge in [-0.1, -0.05) is 29.5 Å². The number of fused-ring (bicyclic) bond motifs is 1. The van der Waals surface area contributed by atoms with Crippen LogP contribution in [0.25, 0.3) is 10.4 Å². The number of benzene rings is 2. The van der Waals surface area contributed by atoms with Crippen LogP contribution < -0.4 is 21.1 Å². The molecule has 0 radical (unpaired) electrons. The molecule has 1 amide bonds. The summed E-state index contributed by atoms with van der Waals surface area (Å²) in [5, 5.41) is 6.73. The molecule has 0 fully saturated rings. The SMILES string of the molecule is NC(CNc1ncc(-c2ccc3c(c2)CC(=O)N3)s1)Cc1ccc(OC(F)(F)F)cc1. The van der Waals surface area contributed by atoms with E-state index in [0.29, 0.717) is 24.5 Å². The van der Waals surface area contributed by atoms with Crippen molar-refractivity contribution in [1.82, 2.24) is 4.98 Å². The molecule has 0 bridgehead atoms. The minimum absolute atomic E-state index is 0.00434. The number of alkyl halides is 3. The van der Waals surface area contributed by atoms with E-state index in [0.717, 1.165) is 27.3 Å². The number of amides is 1. The molecule has 10 heteroatoms. The zero-order valence-electron chi connectivity index (χ0n) is 16.2. The van der Waals surface area contributed by atoms with E-state index in [1.54, 1.807) is 18.3 Å². The number of halogens is 3. The average molecular weight is 448 g/mol. The van der Waals surface area contributed by atoms with Gasteiger partial charge < -0.3 is 21.1 Å². The highest BCUT2D eigenvalue weighted by molar-refractivity contribution is 7.18. The summed E-state index contributed by atoms with van der Waals surface area (Å²) in [6.07, 6.45) is -2.07. The largest absolute Gasteiger partial charge is 0.573 e. The molecule has 0 saturated heterocycles. The Morgan fingerprint density at radius 1 is 1.23 bits per heavy atom. The Morgan fingerprint density at radius 3 is 2.74 bits per heavy atom. The molecule has 1 atom stereocenters. The predicted octanol–water partition coefficient (Wildman–Crippen LogP) is 4.19. The van der Waals surface area contributed by atoms with E-state index in [4.69, 9.17) is 5.73 Å². The highest BCUT2D eigenvalue weighted by atomic mass is 32.1. The van der Waals surface area contributed by atoms with Gasteiger partial charge in [-0.25, -0.2) is 4.98 Å². The van der Waals surface area contributed by atoms with Gasteiger partial charge in [-0.05, 0) is 47.4 Å². The highest BCUT2D eigenvalue weighted by Gasteiger charge is 2.31. The van der Waals surface area contributed by atoms with Crippen molar-refractivity contribution in [3.05, 3.63) is 59.8 Å². The van der Waals surface area contributed by atoms with Gasteiger partial charge in [0.15, 0.2) is 5.13 Å². The van der Waals surface area contributed by atoms with Crippen LogP contribution in [0.5, 0.6) is 5.75 Å². The van der Waals surface area contributed by atoms with Gasteiger partial charge in [0.1, 0.15) is 5.75 Å². The minimum Gasteiger partial charge on any atom is -0.406 e. The number of thiazole rings is 1. The second kappa shape index (κ2) is 8.56. The smallest absolute Gasteiger partial charge is 0.406 e. The number of nitrogens with zero attached hydrogens (tertiary/aromatic N) is 1. The van der Waals surface area contributed by atoms with Crippen LogP contribution in [0.1, 0.15) is 11.1 Å². The number of carbonyl (C=O) groups excluding carboxylic acids is 1. The van der Waals surface area contributed by atoms with Gasteiger partial charge in [0.05, 0.1) is 11.3 Å². The third kappa shape index (κ3) is 5.53. The number of aromatic nitrogens is 1.